The summed E-state index contributed by atoms with van der Waals surface area (Å²) in [4.78, 5) is 38.5. The molecule has 100 valence electrons. The highest BCUT2D eigenvalue weighted by Gasteiger charge is 2.08. The standard InChI is InChI=1S/C11H17N3O4/c1-7-8(10(17)14-11(18)13-7)3-4-9(16)12-5-2-6-15/h15H,2-6H2,1H3,(H,12,16)(H2,13,14,17,18). The number of aromatic nitrogens is 2. The predicted octanol–water partition coefficient (Wildman–Crippen LogP) is -1.20. The summed E-state index contributed by atoms with van der Waals surface area (Å²) in [7, 11) is 0. The molecule has 18 heavy (non-hydrogen) atoms. The average molecular weight is 255 g/mol. The number of nitrogens with one attached hydrogen (secondary N) is 3. The molecular weight excluding hydrogens is 238 g/mol. The molecule has 0 aliphatic carbocycles. The third kappa shape index (κ3) is 4.17. The minimum absolute atomic E-state index is 0.0268. The van der Waals surface area contributed by atoms with Gasteiger partial charge >= 0.3 is 5.69 Å². The zero-order valence-corrected chi connectivity index (χ0v) is 10.2. The van der Waals surface area contributed by atoms with Crippen molar-refractivity contribution >= 4 is 5.91 Å². The van der Waals surface area contributed by atoms with E-state index in [1.54, 1.807) is 6.92 Å². The Morgan fingerprint density at radius 3 is 2.67 bits per heavy atom. The number of aliphatic hydroxyl groups excluding tert-OH is 1. The molecule has 0 saturated carbocycles. The van der Waals surface area contributed by atoms with Gasteiger partial charge in [0.25, 0.3) is 5.56 Å². The van der Waals surface area contributed by atoms with Crippen molar-refractivity contribution in [3.8, 4) is 0 Å². The van der Waals surface area contributed by atoms with Crippen LogP contribution < -0.4 is 16.6 Å². The van der Waals surface area contributed by atoms with E-state index in [-0.39, 0.29) is 25.4 Å². The van der Waals surface area contributed by atoms with Crippen molar-refractivity contribution in [1.29, 1.82) is 0 Å². The lowest BCUT2D eigenvalue weighted by Gasteiger charge is -2.05. The number of carbonyl (C=O) groups excluding carboxylic acids is 1. The molecule has 7 heteroatoms. The Labute approximate surface area is 103 Å². The van der Waals surface area contributed by atoms with Crippen LogP contribution in [0.3, 0.4) is 0 Å². The number of rotatable bonds is 6. The lowest BCUT2D eigenvalue weighted by atomic mass is 10.1. The number of H-pyrrole nitrogens is 2. The zero-order chi connectivity index (χ0) is 13.5. The van der Waals surface area contributed by atoms with Gasteiger partial charge in [-0.25, -0.2) is 4.79 Å². The van der Waals surface area contributed by atoms with E-state index in [1.165, 1.54) is 0 Å². The summed E-state index contributed by atoms with van der Waals surface area (Å²) in [6.45, 7) is 2.06. The Bertz CT molecular complexity index is 518. The van der Waals surface area contributed by atoms with Crippen molar-refractivity contribution in [3.05, 3.63) is 32.1 Å². The molecule has 0 unspecified atom stereocenters. The van der Waals surface area contributed by atoms with Crippen LogP contribution >= 0.6 is 0 Å². The molecule has 4 N–H and O–H groups in total. The van der Waals surface area contributed by atoms with Gasteiger partial charge in [-0.05, 0) is 19.8 Å². The van der Waals surface area contributed by atoms with E-state index in [1.807, 2.05) is 0 Å². The number of aryl methyl sites for hydroxylation is 1. The fraction of sp³-hybridized carbons (Fsp3) is 0.545. The van der Waals surface area contributed by atoms with Crippen molar-refractivity contribution in [2.24, 2.45) is 0 Å². The number of aromatic amines is 2. The molecule has 0 aliphatic rings. The Morgan fingerprint density at radius 1 is 1.33 bits per heavy atom. The molecule has 1 aromatic rings. The molecule has 0 bridgehead atoms. The van der Waals surface area contributed by atoms with Crippen LogP contribution in [0.5, 0.6) is 0 Å². The highest BCUT2D eigenvalue weighted by molar-refractivity contribution is 5.76. The monoisotopic (exact) mass is 255 g/mol. The molecule has 0 aliphatic heterocycles. The molecular formula is C11H17N3O4. The first-order chi connectivity index (χ1) is 8.54. The van der Waals surface area contributed by atoms with Gasteiger partial charge in [-0.15, -0.1) is 0 Å². The Kier molecular flexibility index (Phi) is 5.31. The normalized spacial score (nSPS) is 10.3. The highest BCUT2D eigenvalue weighted by atomic mass is 16.3. The first-order valence-corrected chi connectivity index (χ1v) is 5.74. The molecule has 1 heterocycles. The van der Waals surface area contributed by atoms with E-state index in [0.717, 1.165) is 0 Å². The molecule has 0 spiro atoms. The van der Waals surface area contributed by atoms with E-state index in [9.17, 15) is 14.4 Å². The average Bonchev–Trinajstić information content (AvgIpc) is 2.27. The van der Waals surface area contributed by atoms with Crippen molar-refractivity contribution < 1.29 is 9.90 Å². The molecule has 1 amide bonds. The van der Waals surface area contributed by atoms with Gasteiger partial charge in [0.15, 0.2) is 0 Å². The number of hydrogen-bond donors (Lipinski definition) is 4. The van der Waals surface area contributed by atoms with Gasteiger partial charge in [-0.3, -0.25) is 14.6 Å². The van der Waals surface area contributed by atoms with Crippen molar-refractivity contribution in [2.75, 3.05) is 13.2 Å². The van der Waals surface area contributed by atoms with Crippen molar-refractivity contribution in [2.45, 2.75) is 26.2 Å². The second-order valence-electron chi connectivity index (χ2n) is 3.94. The fourth-order valence-corrected chi connectivity index (χ4v) is 1.56. The molecule has 0 fully saturated rings. The minimum Gasteiger partial charge on any atom is -0.396 e. The minimum atomic E-state index is -0.548. The maximum atomic E-state index is 11.5. The van der Waals surface area contributed by atoms with E-state index in [4.69, 9.17) is 5.11 Å². The van der Waals surface area contributed by atoms with E-state index in [2.05, 4.69) is 15.3 Å². The maximum absolute atomic E-state index is 11.5. The fourth-order valence-electron chi connectivity index (χ4n) is 1.56. The molecule has 0 aromatic carbocycles. The van der Waals surface area contributed by atoms with Crippen LogP contribution in [-0.4, -0.2) is 34.1 Å². The topological polar surface area (TPSA) is 115 Å². The largest absolute Gasteiger partial charge is 0.396 e. The molecule has 1 rings (SSSR count). The number of hydrogen-bond acceptors (Lipinski definition) is 4. The van der Waals surface area contributed by atoms with Gasteiger partial charge in [-0.2, -0.15) is 0 Å². The summed E-state index contributed by atoms with van der Waals surface area (Å²) in [5.74, 6) is -0.187. The lowest BCUT2D eigenvalue weighted by molar-refractivity contribution is -0.121. The summed E-state index contributed by atoms with van der Waals surface area (Å²) in [6.07, 6.45) is 0.939. The molecule has 0 atom stereocenters. The van der Waals surface area contributed by atoms with E-state index >= 15 is 0 Å². The molecule has 7 nitrogen and oxygen atoms in total. The summed E-state index contributed by atoms with van der Waals surface area (Å²) in [5.41, 5.74) is -0.119. The molecule has 0 saturated heterocycles. The Balaban J connectivity index is 2.56. The second-order valence-corrected chi connectivity index (χ2v) is 3.94. The summed E-state index contributed by atoms with van der Waals surface area (Å²) in [5, 5.41) is 11.2. The van der Waals surface area contributed by atoms with Gasteiger partial charge < -0.3 is 15.4 Å². The third-order valence-electron chi connectivity index (χ3n) is 2.51. The SMILES string of the molecule is Cc1[nH]c(=O)[nH]c(=O)c1CCC(=O)NCCCO. The Hall–Kier alpha value is -1.89. The summed E-state index contributed by atoms with van der Waals surface area (Å²) >= 11 is 0. The van der Waals surface area contributed by atoms with Gasteiger partial charge in [0, 0.05) is 30.8 Å². The van der Waals surface area contributed by atoms with Gasteiger partial charge in [-0.1, -0.05) is 0 Å². The smallest absolute Gasteiger partial charge is 0.325 e. The predicted molar refractivity (Wildman–Crippen MR) is 65.5 cm³/mol. The molecule has 1 aromatic heterocycles. The Morgan fingerprint density at radius 2 is 2.06 bits per heavy atom. The lowest BCUT2D eigenvalue weighted by Crippen LogP contribution is -2.29. The van der Waals surface area contributed by atoms with Gasteiger partial charge in [0.2, 0.25) is 5.91 Å². The number of amides is 1. The van der Waals surface area contributed by atoms with Crippen LogP contribution in [-0.2, 0) is 11.2 Å². The van der Waals surface area contributed by atoms with Crippen LogP contribution in [0.4, 0.5) is 0 Å². The van der Waals surface area contributed by atoms with Crippen molar-refractivity contribution in [1.82, 2.24) is 15.3 Å². The summed E-state index contributed by atoms with van der Waals surface area (Å²) < 4.78 is 0. The summed E-state index contributed by atoms with van der Waals surface area (Å²) in [6, 6.07) is 0. The first-order valence-electron chi connectivity index (χ1n) is 5.74. The second kappa shape index (κ2) is 6.75. The van der Waals surface area contributed by atoms with Gasteiger partial charge in [0.05, 0.1) is 0 Å². The first kappa shape index (κ1) is 14.2. The third-order valence-corrected chi connectivity index (χ3v) is 2.51. The van der Waals surface area contributed by atoms with Gasteiger partial charge in [0.1, 0.15) is 0 Å². The van der Waals surface area contributed by atoms with Crippen LogP contribution in [0.1, 0.15) is 24.1 Å². The van der Waals surface area contributed by atoms with E-state index in [0.29, 0.717) is 24.2 Å². The van der Waals surface area contributed by atoms with E-state index < -0.39 is 11.2 Å². The van der Waals surface area contributed by atoms with Crippen LogP contribution in [0.2, 0.25) is 0 Å². The quantitative estimate of drug-likeness (QED) is 0.478. The van der Waals surface area contributed by atoms with Crippen LogP contribution in [0.15, 0.2) is 9.59 Å². The van der Waals surface area contributed by atoms with Crippen LogP contribution in [0, 0.1) is 6.92 Å². The zero-order valence-electron chi connectivity index (χ0n) is 10.2. The molecule has 0 radical (unpaired) electrons. The number of aliphatic hydroxyl groups is 1. The van der Waals surface area contributed by atoms with Crippen molar-refractivity contribution in [3.63, 3.8) is 0 Å². The van der Waals surface area contributed by atoms with Crippen LogP contribution in [0.25, 0.3) is 0 Å². The number of carbonyl (C=O) groups is 1. The maximum Gasteiger partial charge on any atom is 0.325 e. The highest BCUT2D eigenvalue weighted by Crippen LogP contribution is 1.99.